The first kappa shape index (κ1) is 19.0. The van der Waals surface area contributed by atoms with E-state index in [-0.39, 0.29) is 12.4 Å². The fraction of sp³-hybridized carbons (Fsp3) is 0.167. The number of nitrogens with zero attached hydrogens (tertiary/aromatic N) is 2. The van der Waals surface area contributed by atoms with E-state index < -0.39 is 11.9 Å². The summed E-state index contributed by atoms with van der Waals surface area (Å²) in [5.74, 6) is 0. The number of aryl methyl sites for hydroxylation is 1. The van der Waals surface area contributed by atoms with Gasteiger partial charge in [-0.15, -0.1) is 12.4 Å². The number of alkyl halides is 3. The fourth-order valence-corrected chi connectivity index (χ4v) is 2.42. The fourth-order valence-electron chi connectivity index (χ4n) is 2.42. The van der Waals surface area contributed by atoms with Gasteiger partial charge in [-0.3, -0.25) is 0 Å². The first-order chi connectivity index (χ1) is 11.4. The summed E-state index contributed by atoms with van der Waals surface area (Å²) in [6.07, 6.45) is -4.50. The van der Waals surface area contributed by atoms with E-state index in [1.165, 1.54) is 4.68 Å². The number of hydrogen-bond acceptors (Lipinski definition) is 2. The summed E-state index contributed by atoms with van der Waals surface area (Å²) in [6, 6.07) is 15.4. The molecule has 0 saturated carbocycles. The van der Waals surface area contributed by atoms with Crippen LogP contribution in [0.3, 0.4) is 0 Å². The first-order valence-electron chi connectivity index (χ1n) is 7.42. The molecule has 3 nitrogen and oxygen atoms in total. The average Bonchev–Trinajstić information content (AvgIpc) is 3.01. The van der Waals surface area contributed by atoms with Crippen LogP contribution in [0.5, 0.6) is 0 Å². The van der Waals surface area contributed by atoms with Crippen molar-refractivity contribution in [2.75, 3.05) is 0 Å². The SMILES string of the molecule is Cc1ccc(-c2cc(C(F)(F)F)nn2-c2ccc(CN)cc2)cc1.Cl. The van der Waals surface area contributed by atoms with Gasteiger partial charge >= 0.3 is 6.18 Å². The van der Waals surface area contributed by atoms with E-state index in [2.05, 4.69) is 5.10 Å². The molecule has 0 fully saturated rings. The molecule has 0 amide bonds. The second kappa shape index (κ2) is 7.29. The summed E-state index contributed by atoms with van der Waals surface area (Å²) in [5, 5.41) is 3.77. The number of hydrogen-bond donors (Lipinski definition) is 1. The highest BCUT2D eigenvalue weighted by molar-refractivity contribution is 5.85. The molecule has 0 radical (unpaired) electrons. The second-order valence-electron chi connectivity index (χ2n) is 5.56. The van der Waals surface area contributed by atoms with Gasteiger partial charge in [0.15, 0.2) is 5.69 Å². The van der Waals surface area contributed by atoms with Crippen LogP contribution in [0.2, 0.25) is 0 Å². The van der Waals surface area contributed by atoms with Crippen molar-refractivity contribution in [1.82, 2.24) is 9.78 Å². The molecule has 132 valence electrons. The summed E-state index contributed by atoms with van der Waals surface area (Å²) in [7, 11) is 0. The van der Waals surface area contributed by atoms with Gasteiger partial charge in [0.2, 0.25) is 0 Å². The predicted octanol–water partition coefficient (Wildman–Crippen LogP) is 4.75. The van der Waals surface area contributed by atoms with E-state index in [9.17, 15) is 13.2 Å². The lowest BCUT2D eigenvalue weighted by molar-refractivity contribution is -0.141. The Morgan fingerprint density at radius 2 is 1.60 bits per heavy atom. The summed E-state index contributed by atoms with van der Waals surface area (Å²) in [4.78, 5) is 0. The van der Waals surface area contributed by atoms with E-state index in [1.807, 2.05) is 19.1 Å². The third-order valence-electron chi connectivity index (χ3n) is 3.76. The Bertz CT molecular complexity index is 837. The van der Waals surface area contributed by atoms with Gasteiger partial charge in [-0.2, -0.15) is 18.3 Å². The molecule has 3 rings (SSSR count). The zero-order chi connectivity index (χ0) is 17.3. The van der Waals surface area contributed by atoms with Crippen LogP contribution in [0.15, 0.2) is 54.6 Å². The van der Waals surface area contributed by atoms with Gasteiger partial charge < -0.3 is 5.73 Å². The number of rotatable bonds is 3. The highest BCUT2D eigenvalue weighted by Gasteiger charge is 2.35. The highest BCUT2D eigenvalue weighted by Crippen LogP contribution is 2.33. The molecule has 0 spiro atoms. The van der Waals surface area contributed by atoms with E-state index in [4.69, 9.17) is 5.73 Å². The van der Waals surface area contributed by atoms with Gasteiger partial charge in [0.1, 0.15) is 0 Å². The third kappa shape index (κ3) is 4.03. The minimum Gasteiger partial charge on any atom is -0.326 e. The second-order valence-corrected chi connectivity index (χ2v) is 5.56. The van der Waals surface area contributed by atoms with Gasteiger partial charge in [-0.1, -0.05) is 42.0 Å². The van der Waals surface area contributed by atoms with Crippen LogP contribution in [-0.4, -0.2) is 9.78 Å². The van der Waals surface area contributed by atoms with E-state index in [1.54, 1.807) is 36.4 Å². The smallest absolute Gasteiger partial charge is 0.326 e. The molecule has 0 aliphatic carbocycles. The van der Waals surface area contributed by atoms with Crippen molar-refractivity contribution in [1.29, 1.82) is 0 Å². The minimum atomic E-state index is -4.50. The number of nitrogens with two attached hydrogens (primary N) is 1. The Morgan fingerprint density at radius 3 is 2.12 bits per heavy atom. The van der Waals surface area contributed by atoms with Crippen LogP contribution >= 0.6 is 12.4 Å². The zero-order valence-electron chi connectivity index (χ0n) is 13.4. The number of halogens is 4. The minimum absolute atomic E-state index is 0. The predicted molar refractivity (Wildman–Crippen MR) is 93.9 cm³/mol. The molecule has 0 bridgehead atoms. The Hall–Kier alpha value is -2.31. The maximum absolute atomic E-state index is 13.1. The normalized spacial score (nSPS) is 11.2. The molecular formula is C18H17ClF3N3. The molecule has 0 atom stereocenters. The quantitative estimate of drug-likeness (QED) is 0.726. The topological polar surface area (TPSA) is 43.8 Å². The molecular weight excluding hydrogens is 351 g/mol. The number of aromatic nitrogens is 2. The lowest BCUT2D eigenvalue weighted by atomic mass is 10.1. The van der Waals surface area contributed by atoms with Crippen molar-refractivity contribution in [3.05, 3.63) is 71.4 Å². The standard InChI is InChI=1S/C18H16F3N3.ClH/c1-12-2-6-14(7-3-12)16-10-17(18(19,20)21)23-24(16)15-8-4-13(11-22)5-9-15;/h2-10H,11,22H2,1H3;1H. The molecule has 3 aromatic rings. The average molecular weight is 368 g/mol. The van der Waals surface area contributed by atoms with Gasteiger partial charge in [0.25, 0.3) is 0 Å². The molecule has 0 aliphatic heterocycles. The Morgan fingerprint density at radius 1 is 1.00 bits per heavy atom. The molecule has 2 aromatic carbocycles. The van der Waals surface area contributed by atoms with Crippen molar-refractivity contribution in [2.45, 2.75) is 19.6 Å². The monoisotopic (exact) mass is 367 g/mol. The summed E-state index contributed by atoms with van der Waals surface area (Å²) in [6.45, 7) is 2.30. The van der Waals surface area contributed by atoms with Crippen molar-refractivity contribution >= 4 is 12.4 Å². The Kier molecular flexibility index (Phi) is 5.55. The van der Waals surface area contributed by atoms with Gasteiger partial charge in [-0.05, 0) is 30.7 Å². The number of benzene rings is 2. The lowest BCUT2D eigenvalue weighted by Gasteiger charge is -2.09. The van der Waals surface area contributed by atoms with Crippen LogP contribution in [0.4, 0.5) is 13.2 Å². The molecule has 1 aromatic heterocycles. The van der Waals surface area contributed by atoms with Crippen molar-refractivity contribution < 1.29 is 13.2 Å². The molecule has 1 heterocycles. The van der Waals surface area contributed by atoms with Gasteiger partial charge in [-0.25, -0.2) is 4.68 Å². The van der Waals surface area contributed by atoms with Crippen LogP contribution in [0, 0.1) is 6.92 Å². The molecule has 0 unspecified atom stereocenters. The van der Waals surface area contributed by atoms with Crippen molar-refractivity contribution in [3.63, 3.8) is 0 Å². The zero-order valence-corrected chi connectivity index (χ0v) is 14.2. The van der Waals surface area contributed by atoms with E-state index in [0.717, 1.165) is 17.2 Å². The molecule has 0 aliphatic rings. The third-order valence-corrected chi connectivity index (χ3v) is 3.76. The Labute approximate surface area is 149 Å². The highest BCUT2D eigenvalue weighted by atomic mass is 35.5. The maximum Gasteiger partial charge on any atom is 0.435 e. The van der Waals surface area contributed by atoms with Crippen molar-refractivity contribution in [2.24, 2.45) is 5.73 Å². The van der Waals surface area contributed by atoms with Gasteiger partial charge in [0.05, 0.1) is 11.4 Å². The van der Waals surface area contributed by atoms with Crippen LogP contribution in [0.25, 0.3) is 16.9 Å². The largest absolute Gasteiger partial charge is 0.435 e. The summed E-state index contributed by atoms with van der Waals surface area (Å²) < 4.78 is 40.6. The maximum atomic E-state index is 13.1. The van der Waals surface area contributed by atoms with Gasteiger partial charge in [0, 0.05) is 12.1 Å². The van der Waals surface area contributed by atoms with E-state index in [0.29, 0.717) is 23.5 Å². The van der Waals surface area contributed by atoms with Crippen molar-refractivity contribution in [3.8, 4) is 16.9 Å². The van der Waals surface area contributed by atoms with E-state index >= 15 is 0 Å². The molecule has 2 N–H and O–H groups in total. The Balaban J connectivity index is 0.00000225. The van der Waals surface area contributed by atoms with Crippen LogP contribution in [0.1, 0.15) is 16.8 Å². The van der Waals surface area contributed by atoms with Crippen LogP contribution in [-0.2, 0) is 12.7 Å². The lowest BCUT2D eigenvalue weighted by Crippen LogP contribution is -2.07. The summed E-state index contributed by atoms with van der Waals surface area (Å²) >= 11 is 0. The first-order valence-corrected chi connectivity index (χ1v) is 7.42. The molecule has 0 saturated heterocycles. The van der Waals surface area contributed by atoms with Crippen LogP contribution < -0.4 is 5.73 Å². The molecule has 7 heteroatoms. The summed E-state index contributed by atoms with van der Waals surface area (Å²) in [5.41, 5.74) is 8.20. The molecule has 25 heavy (non-hydrogen) atoms.